The van der Waals surface area contributed by atoms with Crippen molar-refractivity contribution in [3.63, 3.8) is 0 Å². The maximum atomic E-state index is 11.4. The molecule has 4 nitrogen and oxygen atoms in total. The van der Waals surface area contributed by atoms with E-state index in [2.05, 4.69) is 10.0 Å². The summed E-state index contributed by atoms with van der Waals surface area (Å²) in [5.41, 5.74) is 1.89. The SMILES string of the molecule is CS(=O)(=O)Nc1ccccc1NCc1c(Cl)cccc1Cl. The van der Waals surface area contributed by atoms with Crippen LogP contribution in [0.2, 0.25) is 10.0 Å². The molecule has 0 fully saturated rings. The van der Waals surface area contributed by atoms with Gasteiger partial charge in [-0.25, -0.2) is 8.42 Å². The maximum absolute atomic E-state index is 11.4. The zero-order chi connectivity index (χ0) is 15.5. The fourth-order valence-electron chi connectivity index (χ4n) is 1.81. The molecule has 2 aromatic rings. The molecule has 0 aliphatic rings. The molecule has 0 unspecified atom stereocenters. The standard InChI is InChI=1S/C14H14Cl2N2O2S/c1-21(19,20)18-14-8-3-2-7-13(14)17-9-10-11(15)5-4-6-12(10)16/h2-8,17-18H,9H2,1H3. The average molecular weight is 345 g/mol. The molecule has 7 heteroatoms. The van der Waals surface area contributed by atoms with Crippen LogP contribution in [0.25, 0.3) is 0 Å². The topological polar surface area (TPSA) is 58.2 Å². The monoisotopic (exact) mass is 344 g/mol. The molecular weight excluding hydrogens is 331 g/mol. The van der Waals surface area contributed by atoms with E-state index in [9.17, 15) is 8.42 Å². The van der Waals surface area contributed by atoms with Crippen LogP contribution in [0.4, 0.5) is 11.4 Å². The maximum Gasteiger partial charge on any atom is 0.229 e. The Balaban J connectivity index is 2.21. The van der Waals surface area contributed by atoms with Crippen LogP contribution in [0, 0.1) is 0 Å². The summed E-state index contributed by atoms with van der Waals surface area (Å²) in [5, 5.41) is 4.26. The van der Waals surface area contributed by atoms with Crippen molar-refractivity contribution in [1.82, 2.24) is 0 Å². The summed E-state index contributed by atoms with van der Waals surface area (Å²) in [6.07, 6.45) is 1.11. The summed E-state index contributed by atoms with van der Waals surface area (Å²) >= 11 is 12.2. The van der Waals surface area contributed by atoms with Crippen molar-refractivity contribution < 1.29 is 8.42 Å². The number of nitrogens with one attached hydrogen (secondary N) is 2. The lowest BCUT2D eigenvalue weighted by Crippen LogP contribution is -2.12. The zero-order valence-electron chi connectivity index (χ0n) is 11.2. The normalized spacial score (nSPS) is 11.2. The molecule has 2 N–H and O–H groups in total. The van der Waals surface area contributed by atoms with E-state index < -0.39 is 10.0 Å². The van der Waals surface area contributed by atoms with Gasteiger partial charge in [-0.05, 0) is 24.3 Å². The summed E-state index contributed by atoms with van der Waals surface area (Å²) in [4.78, 5) is 0. The highest BCUT2D eigenvalue weighted by molar-refractivity contribution is 7.92. The van der Waals surface area contributed by atoms with Crippen LogP contribution in [0.15, 0.2) is 42.5 Å². The van der Waals surface area contributed by atoms with Gasteiger partial charge in [0.2, 0.25) is 10.0 Å². The lowest BCUT2D eigenvalue weighted by molar-refractivity contribution is 0.607. The molecule has 0 saturated heterocycles. The van der Waals surface area contributed by atoms with E-state index >= 15 is 0 Å². The Morgan fingerprint density at radius 3 is 2.10 bits per heavy atom. The highest BCUT2D eigenvalue weighted by atomic mass is 35.5. The van der Waals surface area contributed by atoms with Gasteiger partial charge in [-0.2, -0.15) is 0 Å². The van der Waals surface area contributed by atoms with E-state index in [1.807, 2.05) is 6.07 Å². The Morgan fingerprint density at radius 2 is 1.52 bits per heavy atom. The Labute approximate surface area is 134 Å². The molecular formula is C14H14Cl2N2O2S. The van der Waals surface area contributed by atoms with Gasteiger partial charge in [-0.1, -0.05) is 41.4 Å². The largest absolute Gasteiger partial charge is 0.379 e. The molecule has 112 valence electrons. The number of halogens is 2. The molecule has 21 heavy (non-hydrogen) atoms. The lowest BCUT2D eigenvalue weighted by Gasteiger charge is -2.14. The van der Waals surface area contributed by atoms with Gasteiger partial charge in [0.15, 0.2) is 0 Å². The molecule has 0 amide bonds. The summed E-state index contributed by atoms with van der Waals surface area (Å²) in [7, 11) is -3.34. The van der Waals surface area contributed by atoms with Crippen LogP contribution in [0.5, 0.6) is 0 Å². The molecule has 0 aliphatic carbocycles. The second kappa shape index (κ2) is 6.56. The Morgan fingerprint density at radius 1 is 0.952 bits per heavy atom. The van der Waals surface area contributed by atoms with Gasteiger partial charge in [-0.3, -0.25) is 4.72 Å². The first-order valence-corrected chi connectivity index (χ1v) is 8.75. The van der Waals surface area contributed by atoms with Gasteiger partial charge in [0, 0.05) is 22.2 Å². The first-order chi connectivity index (χ1) is 9.87. The Kier molecular flexibility index (Phi) is 4.98. The molecule has 0 aromatic heterocycles. The summed E-state index contributed by atoms with van der Waals surface area (Å²) in [5.74, 6) is 0. The first kappa shape index (κ1) is 15.9. The number of benzene rings is 2. The van der Waals surface area contributed by atoms with Crippen molar-refractivity contribution in [1.29, 1.82) is 0 Å². The molecule has 0 bridgehead atoms. The molecule has 0 spiro atoms. The minimum atomic E-state index is -3.34. The van der Waals surface area contributed by atoms with Gasteiger partial charge in [-0.15, -0.1) is 0 Å². The zero-order valence-corrected chi connectivity index (χ0v) is 13.6. The highest BCUT2D eigenvalue weighted by Gasteiger charge is 2.09. The molecule has 2 aromatic carbocycles. The van der Waals surface area contributed by atoms with Crippen LogP contribution in [-0.2, 0) is 16.6 Å². The van der Waals surface area contributed by atoms with Gasteiger partial charge in [0.05, 0.1) is 17.6 Å². The van der Waals surface area contributed by atoms with Gasteiger partial charge in [0.25, 0.3) is 0 Å². The van der Waals surface area contributed by atoms with E-state index in [1.165, 1.54) is 0 Å². The number of sulfonamides is 1. The molecule has 2 rings (SSSR count). The van der Waals surface area contributed by atoms with Crippen LogP contribution in [0.3, 0.4) is 0 Å². The van der Waals surface area contributed by atoms with Crippen molar-refractivity contribution in [3.8, 4) is 0 Å². The Hall–Kier alpha value is -1.43. The predicted molar refractivity (Wildman–Crippen MR) is 88.7 cm³/mol. The molecule has 0 heterocycles. The third-order valence-corrected chi connectivity index (χ3v) is 4.04. The van der Waals surface area contributed by atoms with E-state index in [-0.39, 0.29) is 0 Å². The van der Waals surface area contributed by atoms with E-state index in [4.69, 9.17) is 23.2 Å². The number of hydrogen-bond acceptors (Lipinski definition) is 3. The van der Waals surface area contributed by atoms with E-state index in [0.717, 1.165) is 11.8 Å². The number of anilines is 2. The molecule has 0 aliphatic heterocycles. The van der Waals surface area contributed by atoms with Crippen LogP contribution in [-0.4, -0.2) is 14.7 Å². The minimum Gasteiger partial charge on any atom is -0.379 e. The number of para-hydroxylation sites is 2. The van der Waals surface area contributed by atoms with Crippen LogP contribution in [0.1, 0.15) is 5.56 Å². The van der Waals surface area contributed by atoms with Crippen LogP contribution >= 0.6 is 23.2 Å². The number of hydrogen-bond donors (Lipinski definition) is 2. The number of rotatable bonds is 5. The smallest absolute Gasteiger partial charge is 0.229 e. The summed E-state index contributed by atoms with van der Waals surface area (Å²) < 4.78 is 25.2. The third kappa shape index (κ3) is 4.52. The van der Waals surface area contributed by atoms with Crippen molar-refractivity contribution in [2.45, 2.75) is 6.54 Å². The van der Waals surface area contributed by atoms with Crippen molar-refractivity contribution in [2.24, 2.45) is 0 Å². The summed E-state index contributed by atoms with van der Waals surface area (Å²) in [6, 6.07) is 12.3. The van der Waals surface area contributed by atoms with Crippen molar-refractivity contribution in [2.75, 3.05) is 16.3 Å². The van der Waals surface area contributed by atoms with Crippen LogP contribution < -0.4 is 10.0 Å². The molecule has 0 saturated carbocycles. The van der Waals surface area contributed by atoms with Crippen molar-refractivity contribution in [3.05, 3.63) is 58.1 Å². The van der Waals surface area contributed by atoms with Gasteiger partial charge in [0.1, 0.15) is 0 Å². The molecule has 0 atom stereocenters. The fraction of sp³-hybridized carbons (Fsp3) is 0.143. The predicted octanol–water partition coefficient (Wildman–Crippen LogP) is 3.98. The highest BCUT2D eigenvalue weighted by Crippen LogP contribution is 2.27. The molecule has 0 radical (unpaired) electrons. The second-order valence-electron chi connectivity index (χ2n) is 4.47. The van der Waals surface area contributed by atoms with Crippen molar-refractivity contribution >= 4 is 44.6 Å². The first-order valence-electron chi connectivity index (χ1n) is 6.10. The van der Waals surface area contributed by atoms with Gasteiger partial charge >= 0.3 is 0 Å². The fourth-order valence-corrected chi connectivity index (χ4v) is 2.92. The Bertz CT molecular complexity index is 728. The lowest BCUT2D eigenvalue weighted by atomic mass is 10.2. The quantitative estimate of drug-likeness (QED) is 0.862. The third-order valence-electron chi connectivity index (χ3n) is 2.74. The minimum absolute atomic E-state index is 0.390. The van der Waals surface area contributed by atoms with E-state index in [0.29, 0.717) is 28.0 Å². The summed E-state index contributed by atoms with van der Waals surface area (Å²) in [6.45, 7) is 0.390. The average Bonchev–Trinajstić information content (AvgIpc) is 2.38. The second-order valence-corrected chi connectivity index (χ2v) is 7.04. The van der Waals surface area contributed by atoms with E-state index in [1.54, 1.807) is 36.4 Å². The van der Waals surface area contributed by atoms with Gasteiger partial charge < -0.3 is 5.32 Å².